The van der Waals surface area contributed by atoms with Gasteiger partial charge >= 0.3 is 0 Å². The molecule has 0 saturated carbocycles. The average Bonchev–Trinajstić information content (AvgIpc) is 3.76. The molecule has 0 fully saturated rings. The lowest BCUT2D eigenvalue weighted by molar-refractivity contribution is 0.769. The second-order valence-corrected chi connectivity index (χ2v) is 18.9. The Hall–Kier alpha value is -9.30. The smallest absolute Gasteiger partial charge is 0.0713 e. The van der Waals surface area contributed by atoms with Gasteiger partial charge in [0.05, 0.1) is 5.41 Å². The van der Waals surface area contributed by atoms with Crippen molar-refractivity contribution >= 4 is 27.8 Å². The molecule has 0 aliphatic heterocycles. The minimum Gasteiger partial charge on any atom is -0.310 e. The Kier molecular flexibility index (Phi) is 10.8. The molecule has 338 valence electrons. The number of benzene rings is 12. The van der Waals surface area contributed by atoms with Crippen LogP contribution in [0.4, 0.5) is 17.1 Å². The van der Waals surface area contributed by atoms with Gasteiger partial charge in [-0.3, -0.25) is 0 Å². The summed E-state index contributed by atoms with van der Waals surface area (Å²) in [4.78, 5) is 2.39. The second-order valence-electron chi connectivity index (χ2n) is 18.9. The highest BCUT2D eigenvalue weighted by Crippen LogP contribution is 2.56. The van der Waals surface area contributed by atoms with Gasteiger partial charge < -0.3 is 4.90 Å². The van der Waals surface area contributed by atoms with E-state index >= 15 is 0 Å². The minimum atomic E-state index is -0.462. The molecule has 12 aromatic carbocycles. The number of hydrogen-bond donors (Lipinski definition) is 0. The van der Waals surface area contributed by atoms with Crippen molar-refractivity contribution in [1.82, 2.24) is 0 Å². The predicted molar refractivity (Wildman–Crippen MR) is 303 cm³/mol. The lowest BCUT2D eigenvalue weighted by Gasteiger charge is -2.34. The van der Waals surface area contributed by atoms with Crippen molar-refractivity contribution in [1.29, 1.82) is 0 Å². The summed E-state index contributed by atoms with van der Waals surface area (Å²) in [6.07, 6.45) is 0. The molecule has 0 atom stereocenters. The number of anilines is 3. The summed E-state index contributed by atoms with van der Waals surface area (Å²) < 4.78 is 0. The molecule has 1 aliphatic rings. The fourth-order valence-electron chi connectivity index (χ4n) is 11.3. The van der Waals surface area contributed by atoms with Crippen LogP contribution in [-0.2, 0) is 5.41 Å². The van der Waals surface area contributed by atoms with Gasteiger partial charge in [-0.25, -0.2) is 0 Å². The Morgan fingerprint density at radius 2 is 0.611 bits per heavy atom. The predicted octanol–water partition coefficient (Wildman–Crippen LogP) is 19.0. The van der Waals surface area contributed by atoms with Crippen LogP contribution in [0.5, 0.6) is 0 Å². The minimum absolute atomic E-state index is 0.462. The second kappa shape index (κ2) is 18.2. The average molecular weight is 916 g/mol. The third kappa shape index (κ3) is 7.60. The van der Waals surface area contributed by atoms with E-state index in [2.05, 4.69) is 302 Å². The van der Waals surface area contributed by atoms with E-state index in [1.807, 2.05) is 0 Å². The van der Waals surface area contributed by atoms with Crippen LogP contribution in [-0.4, -0.2) is 0 Å². The molecule has 0 spiro atoms. The molecule has 0 saturated heterocycles. The Bertz CT molecular complexity index is 3850. The van der Waals surface area contributed by atoms with Crippen LogP contribution in [0.25, 0.3) is 77.5 Å². The van der Waals surface area contributed by atoms with Crippen molar-refractivity contribution in [2.75, 3.05) is 4.90 Å². The lowest BCUT2D eigenvalue weighted by Crippen LogP contribution is -2.28. The zero-order chi connectivity index (χ0) is 47.8. The Morgan fingerprint density at radius 3 is 1.22 bits per heavy atom. The number of rotatable bonds is 10. The number of nitrogens with zero attached hydrogens (tertiary/aromatic N) is 1. The summed E-state index contributed by atoms with van der Waals surface area (Å²) in [7, 11) is 0. The van der Waals surface area contributed by atoms with Crippen molar-refractivity contribution in [3.63, 3.8) is 0 Å². The van der Waals surface area contributed by atoms with Crippen LogP contribution >= 0.6 is 0 Å². The van der Waals surface area contributed by atoms with Gasteiger partial charge in [-0.2, -0.15) is 0 Å². The first-order chi connectivity index (χ1) is 35.7. The number of hydrogen-bond acceptors (Lipinski definition) is 1. The van der Waals surface area contributed by atoms with Crippen LogP contribution < -0.4 is 4.90 Å². The molecule has 0 amide bonds. The van der Waals surface area contributed by atoms with E-state index in [1.165, 1.54) is 94.2 Å². The van der Waals surface area contributed by atoms with Gasteiger partial charge in [-0.1, -0.05) is 237 Å². The molecule has 0 N–H and O–H groups in total. The van der Waals surface area contributed by atoms with Crippen LogP contribution in [0.15, 0.2) is 297 Å². The molecule has 12 aromatic rings. The summed E-state index contributed by atoms with van der Waals surface area (Å²) in [6.45, 7) is 0. The highest BCUT2D eigenvalue weighted by Gasteiger charge is 2.46. The molecule has 1 nitrogen and oxygen atoms in total. The molecule has 72 heavy (non-hydrogen) atoms. The van der Waals surface area contributed by atoms with Gasteiger partial charge in [0.15, 0.2) is 0 Å². The monoisotopic (exact) mass is 915 g/mol. The Labute approximate surface area is 422 Å². The normalized spacial score (nSPS) is 12.3. The van der Waals surface area contributed by atoms with Gasteiger partial charge in [0.1, 0.15) is 0 Å². The van der Waals surface area contributed by atoms with Crippen LogP contribution in [0.2, 0.25) is 0 Å². The summed E-state index contributed by atoms with van der Waals surface area (Å²) in [5.41, 5.74) is 22.4. The summed E-state index contributed by atoms with van der Waals surface area (Å²) in [5, 5.41) is 2.50. The van der Waals surface area contributed by atoms with Crippen LogP contribution in [0.1, 0.15) is 22.3 Å². The summed E-state index contributed by atoms with van der Waals surface area (Å²) in [6, 6.07) is 109. The summed E-state index contributed by atoms with van der Waals surface area (Å²) >= 11 is 0. The summed E-state index contributed by atoms with van der Waals surface area (Å²) in [5.74, 6) is 0. The first-order valence-electron chi connectivity index (χ1n) is 24.9. The third-order valence-corrected chi connectivity index (χ3v) is 14.7. The van der Waals surface area contributed by atoms with E-state index in [-0.39, 0.29) is 0 Å². The van der Waals surface area contributed by atoms with E-state index in [9.17, 15) is 0 Å². The van der Waals surface area contributed by atoms with Gasteiger partial charge in [0.2, 0.25) is 0 Å². The zero-order valence-electron chi connectivity index (χ0n) is 39.7. The Balaban J connectivity index is 0.895. The van der Waals surface area contributed by atoms with Gasteiger partial charge in [-0.05, 0) is 160 Å². The van der Waals surface area contributed by atoms with E-state index in [1.54, 1.807) is 0 Å². The maximum Gasteiger partial charge on any atom is 0.0713 e. The van der Waals surface area contributed by atoms with Crippen LogP contribution in [0, 0.1) is 0 Å². The Morgan fingerprint density at radius 1 is 0.208 bits per heavy atom. The fraction of sp³-hybridized carbons (Fsp3) is 0.0141. The van der Waals surface area contributed by atoms with Crippen molar-refractivity contribution < 1.29 is 0 Å². The first-order valence-corrected chi connectivity index (χ1v) is 24.9. The molecule has 0 radical (unpaired) electrons. The molecule has 0 bridgehead atoms. The van der Waals surface area contributed by atoms with E-state index < -0.39 is 5.41 Å². The lowest BCUT2D eigenvalue weighted by atomic mass is 9.67. The van der Waals surface area contributed by atoms with Crippen molar-refractivity contribution in [3.05, 3.63) is 320 Å². The molecular weight excluding hydrogens is 867 g/mol. The molecule has 1 heteroatoms. The maximum absolute atomic E-state index is 2.45. The quantitative estimate of drug-likeness (QED) is 0.132. The van der Waals surface area contributed by atoms with E-state index in [4.69, 9.17) is 0 Å². The molecule has 0 heterocycles. The van der Waals surface area contributed by atoms with Crippen LogP contribution in [0.3, 0.4) is 0 Å². The molecule has 1 aliphatic carbocycles. The number of fused-ring (bicyclic) bond motifs is 4. The fourth-order valence-corrected chi connectivity index (χ4v) is 11.3. The van der Waals surface area contributed by atoms with Crippen molar-refractivity contribution in [2.45, 2.75) is 5.41 Å². The standard InChI is InChI=1S/C71H49N/c1-4-17-50(18-5-1)55-21-14-23-57(45-55)59-25-16-30-66(48-59)72(64-40-35-52(36-41-64)56-22-15-24-58(46-56)60-34-33-51-19-10-11-20-54(51)47-60)65-42-37-53(38-43-65)61-39-44-68-67-31-12-13-32-69(67)71(70(68)49-61,62-26-6-2-7-27-62)63-28-8-3-9-29-63/h1-49H. The molecular formula is C71H49N. The van der Waals surface area contributed by atoms with E-state index in [0.717, 1.165) is 22.6 Å². The topological polar surface area (TPSA) is 3.24 Å². The molecule has 0 unspecified atom stereocenters. The SMILES string of the molecule is c1ccc(-c2cccc(-c3cccc(N(c4ccc(-c5cccc(-c6ccc7ccccc7c6)c5)cc4)c4ccc(-c5ccc6c(c5)C(c5ccccc5)(c5ccccc5)c5ccccc5-6)cc4)c3)c2)cc1. The highest BCUT2D eigenvalue weighted by atomic mass is 15.1. The van der Waals surface area contributed by atoms with Crippen molar-refractivity contribution in [3.8, 4) is 66.8 Å². The third-order valence-electron chi connectivity index (χ3n) is 14.7. The van der Waals surface area contributed by atoms with Gasteiger partial charge in [0.25, 0.3) is 0 Å². The first kappa shape index (κ1) is 42.8. The highest BCUT2D eigenvalue weighted by molar-refractivity contribution is 5.91. The van der Waals surface area contributed by atoms with Crippen molar-refractivity contribution in [2.24, 2.45) is 0 Å². The van der Waals surface area contributed by atoms with E-state index in [0.29, 0.717) is 0 Å². The zero-order valence-corrected chi connectivity index (χ0v) is 39.7. The van der Waals surface area contributed by atoms with Gasteiger partial charge in [-0.15, -0.1) is 0 Å². The maximum atomic E-state index is 2.45. The van der Waals surface area contributed by atoms with Gasteiger partial charge in [0, 0.05) is 17.1 Å². The molecule has 0 aromatic heterocycles. The largest absolute Gasteiger partial charge is 0.310 e. The molecule has 13 rings (SSSR count).